The number of nitrogens with zero attached hydrogens (tertiary/aromatic N) is 1. The molecule has 1 aliphatic heterocycles. The van der Waals surface area contributed by atoms with Gasteiger partial charge in [-0.25, -0.2) is 4.79 Å². The quantitative estimate of drug-likeness (QED) is 0.279. The molecule has 0 fully saturated rings. The topological polar surface area (TPSA) is 84.9 Å². The number of fused-ring (bicyclic) bond motifs is 1. The number of carbonyl (C=O) groups is 1. The Bertz CT molecular complexity index is 1500. The molecular formula is C32H29F3N2O3. The maximum Gasteiger partial charge on any atom is 0.490 e. The number of rotatable bonds is 6. The summed E-state index contributed by atoms with van der Waals surface area (Å²) in [5, 5.41) is 7.12. The Morgan fingerprint density at radius 1 is 0.925 bits per heavy atom. The Kier molecular flexibility index (Phi) is 8.58. The lowest BCUT2D eigenvalue weighted by molar-refractivity contribution is -0.192. The van der Waals surface area contributed by atoms with Gasteiger partial charge in [0.05, 0.1) is 12.6 Å². The van der Waals surface area contributed by atoms with Gasteiger partial charge in [-0.3, -0.25) is 4.99 Å². The van der Waals surface area contributed by atoms with Crippen LogP contribution < -0.4 is 10.5 Å². The fourth-order valence-electron chi connectivity index (χ4n) is 4.83. The van der Waals surface area contributed by atoms with Crippen molar-refractivity contribution in [2.75, 3.05) is 7.11 Å². The Balaban J connectivity index is 0.000000470. The summed E-state index contributed by atoms with van der Waals surface area (Å²) in [4.78, 5) is 14.0. The van der Waals surface area contributed by atoms with E-state index in [2.05, 4.69) is 84.9 Å². The minimum atomic E-state index is -5.08. The summed E-state index contributed by atoms with van der Waals surface area (Å²) in [6.45, 7) is 0. The van der Waals surface area contributed by atoms with E-state index in [0.29, 0.717) is 5.84 Å². The Morgan fingerprint density at radius 3 is 2.23 bits per heavy atom. The zero-order valence-corrected chi connectivity index (χ0v) is 21.9. The zero-order valence-electron chi connectivity index (χ0n) is 21.9. The minimum absolute atomic E-state index is 0.369. The highest BCUT2D eigenvalue weighted by Crippen LogP contribution is 2.39. The summed E-state index contributed by atoms with van der Waals surface area (Å²) >= 11 is 0. The predicted molar refractivity (Wildman–Crippen MR) is 149 cm³/mol. The molecule has 206 valence electrons. The summed E-state index contributed by atoms with van der Waals surface area (Å²) in [6.07, 6.45) is -2.44. The summed E-state index contributed by atoms with van der Waals surface area (Å²) in [7, 11) is 1.70. The van der Waals surface area contributed by atoms with Crippen molar-refractivity contribution in [2.24, 2.45) is 10.7 Å². The largest absolute Gasteiger partial charge is 0.497 e. The number of aliphatic carboxylic acids is 1. The molecule has 1 aliphatic rings. The molecule has 0 saturated heterocycles. The van der Waals surface area contributed by atoms with Gasteiger partial charge in [-0.15, -0.1) is 0 Å². The van der Waals surface area contributed by atoms with Crippen LogP contribution in [0, 0.1) is 0 Å². The normalized spacial score (nSPS) is 16.1. The van der Waals surface area contributed by atoms with E-state index in [0.717, 1.165) is 36.1 Å². The molecule has 1 unspecified atom stereocenters. The smallest absolute Gasteiger partial charge is 0.490 e. The molecule has 0 spiro atoms. The molecule has 40 heavy (non-hydrogen) atoms. The molecule has 8 heteroatoms. The van der Waals surface area contributed by atoms with E-state index in [9.17, 15) is 13.2 Å². The number of nitrogens with two attached hydrogens (primary N) is 1. The molecule has 0 aliphatic carbocycles. The summed E-state index contributed by atoms with van der Waals surface area (Å²) in [5.41, 5.74) is 13.3. The van der Waals surface area contributed by atoms with Crippen LogP contribution in [-0.2, 0) is 23.2 Å². The maximum absolute atomic E-state index is 10.6. The van der Waals surface area contributed by atoms with Gasteiger partial charge in [-0.05, 0) is 52.8 Å². The molecular weight excluding hydrogens is 517 g/mol. The van der Waals surface area contributed by atoms with E-state index < -0.39 is 12.1 Å². The monoisotopic (exact) mass is 546 g/mol. The Morgan fingerprint density at radius 2 is 1.55 bits per heavy atom. The number of alkyl halides is 3. The number of ether oxygens (including phenoxy) is 1. The van der Waals surface area contributed by atoms with Crippen molar-refractivity contribution in [1.82, 2.24) is 0 Å². The molecule has 5 nitrogen and oxygen atoms in total. The standard InChI is InChI=1S/C30H28N2O.C2HF3O2/c1-33-27-15-8-12-24(20-27)23-11-7-9-22(19-23)17-18-30(26-13-3-2-4-14-26)21-25-10-5-6-16-28(25)29(31)32-30;3-2(4,5)1(6)7/h2-16,19-20H,17-18,21H2,1H3,(H2,31,32);(H,6,7). The Hall–Kier alpha value is -4.59. The highest BCUT2D eigenvalue weighted by atomic mass is 19.4. The lowest BCUT2D eigenvalue weighted by Crippen LogP contribution is -2.36. The number of methoxy groups -OCH3 is 1. The second-order valence-corrected chi connectivity index (χ2v) is 9.46. The number of aliphatic imine (C=N–C) groups is 1. The van der Waals surface area contributed by atoms with E-state index >= 15 is 0 Å². The molecule has 0 radical (unpaired) electrons. The highest BCUT2D eigenvalue weighted by molar-refractivity contribution is 6.00. The minimum Gasteiger partial charge on any atom is -0.497 e. The molecule has 0 aromatic heterocycles. The zero-order chi connectivity index (χ0) is 28.8. The first kappa shape index (κ1) is 28.4. The predicted octanol–water partition coefficient (Wildman–Crippen LogP) is 6.79. The van der Waals surface area contributed by atoms with Crippen molar-refractivity contribution in [3.8, 4) is 16.9 Å². The van der Waals surface area contributed by atoms with Crippen LogP contribution in [0.15, 0.2) is 108 Å². The third kappa shape index (κ3) is 6.69. The van der Waals surface area contributed by atoms with Gasteiger partial charge in [-0.2, -0.15) is 13.2 Å². The third-order valence-electron chi connectivity index (χ3n) is 6.82. The van der Waals surface area contributed by atoms with E-state index in [1.54, 1.807) is 7.11 Å². The molecule has 0 bridgehead atoms. The number of carboxylic acid groups (broad SMARTS) is 1. The van der Waals surface area contributed by atoms with E-state index in [1.807, 2.05) is 18.2 Å². The molecule has 0 amide bonds. The second kappa shape index (κ2) is 12.1. The summed E-state index contributed by atoms with van der Waals surface area (Å²) in [5.74, 6) is -1.26. The summed E-state index contributed by atoms with van der Waals surface area (Å²) in [6, 6.07) is 35.9. The second-order valence-electron chi connectivity index (χ2n) is 9.46. The lowest BCUT2D eigenvalue weighted by Gasteiger charge is -2.35. The molecule has 3 N–H and O–H groups in total. The first-order chi connectivity index (χ1) is 19.1. The van der Waals surface area contributed by atoms with Crippen LogP contribution in [0.1, 0.15) is 28.7 Å². The van der Waals surface area contributed by atoms with Gasteiger partial charge in [0, 0.05) is 12.0 Å². The highest BCUT2D eigenvalue weighted by Gasteiger charge is 2.38. The van der Waals surface area contributed by atoms with Gasteiger partial charge < -0.3 is 15.6 Å². The average Bonchev–Trinajstić information content (AvgIpc) is 2.96. The van der Waals surface area contributed by atoms with Gasteiger partial charge in [0.2, 0.25) is 0 Å². The van der Waals surface area contributed by atoms with Gasteiger partial charge in [0.25, 0.3) is 0 Å². The van der Waals surface area contributed by atoms with E-state index in [-0.39, 0.29) is 5.54 Å². The summed E-state index contributed by atoms with van der Waals surface area (Å²) < 4.78 is 37.1. The van der Waals surface area contributed by atoms with Crippen LogP contribution in [0.2, 0.25) is 0 Å². The van der Waals surface area contributed by atoms with Crippen LogP contribution in [0.4, 0.5) is 13.2 Å². The van der Waals surface area contributed by atoms with Crippen LogP contribution in [0.3, 0.4) is 0 Å². The number of hydrogen-bond donors (Lipinski definition) is 2. The van der Waals surface area contributed by atoms with Crippen molar-refractivity contribution in [1.29, 1.82) is 0 Å². The number of amidine groups is 1. The van der Waals surface area contributed by atoms with Crippen molar-refractivity contribution in [2.45, 2.75) is 31.0 Å². The number of hydrogen-bond acceptors (Lipinski definition) is 4. The Labute approximate surface area is 230 Å². The lowest BCUT2D eigenvalue weighted by atomic mass is 9.77. The van der Waals surface area contributed by atoms with Crippen molar-refractivity contribution in [3.63, 3.8) is 0 Å². The van der Waals surface area contributed by atoms with Gasteiger partial charge in [0.15, 0.2) is 0 Å². The third-order valence-corrected chi connectivity index (χ3v) is 6.82. The molecule has 4 aromatic rings. The van der Waals surface area contributed by atoms with E-state index in [1.165, 1.54) is 22.3 Å². The van der Waals surface area contributed by atoms with Crippen molar-refractivity contribution in [3.05, 3.63) is 125 Å². The molecule has 1 atom stereocenters. The fraction of sp³-hybridized carbons (Fsp3) is 0.188. The van der Waals surface area contributed by atoms with Crippen LogP contribution in [0.25, 0.3) is 11.1 Å². The van der Waals surface area contributed by atoms with Gasteiger partial charge in [0.1, 0.15) is 11.6 Å². The number of carboxylic acids is 1. The molecule has 1 heterocycles. The molecule has 0 saturated carbocycles. The van der Waals surface area contributed by atoms with Crippen LogP contribution in [-0.4, -0.2) is 30.2 Å². The van der Waals surface area contributed by atoms with Crippen molar-refractivity contribution < 1.29 is 27.8 Å². The van der Waals surface area contributed by atoms with Gasteiger partial charge in [-0.1, -0.05) is 91.0 Å². The number of aryl methyl sites for hydroxylation is 1. The van der Waals surface area contributed by atoms with Gasteiger partial charge >= 0.3 is 12.1 Å². The first-order valence-corrected chi connectivity index (χ1v) is 12.6. The fourth-order valence-corrected chi connectivity index (χ4v) is 4.83. The molecule has 5 rings (SSSR count). The van der Waals surface area contributed by atoms with Crippen molar-refractivity contribution >= 4 is 11.8 Å². The number of halogens is 3. The maximum atomic E-state index is 10.6. The van der Waals surface area contributed by atoms with Crippen LogP contribution in [0.5, 0.6) is 5.75 Å². The first-order valence-electron chi connectivity index (χ1n) is 12.6. The van der Waals surface area contributed by atoms with Crippen LogP contribution >= 0.6 is 0 Å². The van der Waals surface area contributed by atoms with E-state index in [4.69, 9.17) is 25.4 Å². The SMILES string of the molecule is COc1cccc(-c2cccc(CCC3(c4ccccc4)Cc4ccccc4C(N)=N3)c2)c1.O=C(O)C(F)(F)F. The number of benzene rings is 4. The average molecular weight is 547 g/mol. The molecule has 4 aromatic carbocycles.